The van der Waals surface area contributed by atoms with Crippen LogP contribution in [0.4, 0.5) is 0 Å². The van der Waals surface area contributed by atoms with Crippen molar-refractivity contribution in [3.8, 4) is 0 Å². The molecule has 196 valence electrons. The van der Waals surface area contributed by atoms with Crippen LogP contribution in [0.1, 0.15) is 67.7 Å². The maximum absolute atomic E-state index is 12.6. The van der Waals surface area contributed by atoms with E-state index in [1.807, 2.05) is 39.8 Å². The monoisotopic (exact) mass is 525 g/mol. The van der Waals surface area contributed by atoms with Gasteiger partial charge in [-0.25, -0.2) is 0 Å². The molecule has 0 bridgehead atoms. The zero-order valence-electron chi connectivity index (χ0n) is 23.1. The third-order valence-electron chi connectivity index (χ3n) is 6.59. The Bertz CT molecular complexity index is 977. The molecular weight excluding hydrogens is 482 g/mol. The molecule has 0 saturated heterocycles. The number of rotatable bonds is 11. The summed E-state index contributed by atoms with van der Waals surface area (Å²) in [5, 5.41) is 3.12. The van der Waals surface area contributed by atoms with Crippen LogP contribution in [-0.2, 0) is 9.22 Å². The van der Waals surface area contributed by atoms with E-state index in [-0.39, 0.29) is 22.3 Å². The van der Waals surface area contributed by atoms with E-state index < -0.39 is 14.4 Å². The van der Waals surface area contributed by atoms with Gasteiger partial charge in [-0.2, -0.15) is 0 Å². The van der Waals surface area contributed by atoms with Gasteiger partial charge in [-0.1, -0.05) is 132 Å². The number of hydrogen-bond donors (Lipinski definition) is 1. The first-order valence-corrected chi connectivity index (χ1v) is 15.1. The molecule has 0 aliphatic carbocycles. The second-order valence-electron chi connectivity index (χ2n) is 11.7. The fourth-order valence-corrected chi connectivity index (χ4v) is 9.28. The van der Waals surface area contributed by atoms with Crippen molar-refractivity contribution in [1.82, 2.24) is 0 Å². The molecule has 5 heteroatoms. The summed E-state index contributed by atoms with van der Waals surface area (Å²) in [7, 11) is -2.70. The van der Waals surface area contributed by atoms with Crippen molar-refractivity contribution in [3.05, 3.63) is 83.9 Å². The number of carbonyl (C=O) groups is 1. The van der Waals surface area contributed by atoms with Gasteiger partial charge in [0.25, 0.3) is 8.32 Å². The molecule has 2 aromatic carbocycles. The fourth-order valence-electron chi connectivity index (χ4n) is 4.48. The minimum absolute atomic E-state index is 0.0553. The van der Waals surface area contributed by atoms with Crippen LogP contribution in [-0.4, -0.2) is 26.2 Å². The van der Waals surface area contributed by atoms with E-state index >= 15 is 0 Å². The summed E-state index contributed by atoms with van der Waals surface area (Å²) in [5.74, 6) is 0.0553. The first-order valence-electron chi connectivity index (χ1n) is 12.8. The molecule has 0 saturated carbocycles. The molecule has 0 heterocycles. The molecule has 2 N–H and O–H groups in total. The Labute approximate surface area is 224 Å². The van der Waals surface area contributed by atoms with E-state index in [0.717, 1.165) is 5.03 Å². The van der Waals surface area contributed by atoms with Crippen molar-refractivity contribution in [2.45, 2.75) is 84.9 Å². The predicted octanol–water partition coefficient (Wildman–Crippen LogP) is 6.74. The van der Waals surface area contributed by atoms with Crippen LogP contribution in [0, 0.1) is 5.41 Å². The SMILES string of the molecule is C/C(Cl)=C\C[C@@H](C/C=C\CC(=O)[C@@H](N)C(C)(C)C)O[Si](c1ccccc1)(c1ccccc1)C(C)(C)C. The van der Waals surface area contributed by atoms with Gasteiger partial charge in [-0.15, -0.1) is 0 Å². The van der Waals surface area contributed by atoms with Gasteiger partial charge in [-0.05, 0) is 40.6 Å². The summed E-state index contributed by atoms with van der Waals surface area (Å²) in [6.07, 6.45) is 7.64. The van der Waals surface area contributed by atoms with Crippen LogP contribution in [0.2, 0.25) is 5.04 Å². The molecule has 0 spiro atoms. The van der Waals surface area contributed by atoms with Crippen molar-refractivity contribution in [2.75, 3.05) is 0 Å². The lowest BCUT2D eigenvalue weighted by molar-refractivity contribution is -0.121. The van der Waals surface area contributed by atoms with E-state index in [4.69, 9.17) is 21.8 Å². The lowest BCUT2D eigenvalue weighted by atomic mass is 9.84. The molecule has 36 heavy (non-hydrogen) atoms. The van der Waals surface area contributed by atoms with Gasteiger partial charge in [0.2, 0.25) is 0 Å². The summed E-state index contributed by atoms with van der Waals surface area (Å²) in [4.78, 5) is 12.6. The number of benzene rings is 2. The second kappa shape index (κ2) is 13.0. The minimum Gasteiger partial charge on any atom is -0.404 e. The number of hydrogen-bond acceptors (Lipinski definition) is 3. The number of nitrogens with two attached hydrogens (primary N) is 1. The normalized spacial score (nSPS) is 15.2. The third kappa shape index (κ3) is 8.01. The number of halogens is 1. The molecule has 2 rings (SSSR count). The summed E-state index contributed by atoms with van der Waals surface area (Å²) in [5.41, 5.74) is 5.90. The van der Waals surface area contributed by atoms with Crippen molar-refractivity contribution in [3.63, 3.8) is 0 Å². The van der Waals surface area contributed by atoms with Crippen molar-refractivity contribution in [1.29, 1.82) is 0 Å². The standard InChI is InChI=1S/C31H44ClNO2Si/c1-24(32)22-23-25(16-14-15-21-28(34)29(33)30(2,3)4)35-36(31(5,6)7,26-17-10-8-11-18-26)27-19-12-9-13-20-27/h8-15,17-20,22,25,29H,16,21,23,33H2,1-7H3/b15-14-,24-22+/t25-,29-/m1/s1. The van der Waals surface area contributed by atoms with Crippen LogP contribution in [0.25, 0.3) is 0 Å². The topological polar surface area (TPSA) is 52.3 Å². The van der Waals surface area contributed by atoms with Gasteiger partial charge < -0.3 is 10.2 Å². The van der Waals surface area contributed by atoms with E-state index in [9.17, 15) is 4.79 Å². The lowest BCUT2D eigenvalue weighted by Gasteiger charge is -2.45. The van der Waals surface area contributed by atoms with Crippen LogP contribution in [0.3, 0.4) is 0 Å². The highest BCUT2D eigenvalue weighted by molar-refractivity contribution is 6.99. The molecule has 0 aliphatic heterocycles. The quantitative estimate of drug-likeness (QED) is 0.261. The van der Waals surface area contributed by atoms with Gasteiger partial charge in [0, 0.05) is 11.5 Å². The Morgan fingerprint density at radius 2 is 1.42 bits per heavy atom. The smallest absolute Gasteiger partial charge is 0.261 e. The molecule has 2 atom stereocenters. The second-order valence-corrected chi connectivity index (χ2v) is 16.5. The first kappa shape index (κ1) is 30.2. The van der Waals surface area contributed by atoms with Gasteiger partial charge in [0.1, 0.15) is 0 Å². The number of Topliss-reactive ketones (excluding diaryl/α,β-unsaturated/α-hetero) is 1. The highest BCUT2D eigenvalue weighted by atomic mass is 35.5. The van der Waals surface area contributed by atoms with Gasteiger partial charge >= 0.3 is 0 Å². The predicted molar refractivity (Wildman–Crippen MR) is 158 cm³/mol. The zero-order valence-corrected chi connectivity index (χ0v) is 24.8. The summed E-state index contributed by atoms with van der Waals surface area (Å²) < 4.78 is 7.31. The maximum Gasteiger partial charge on any atom is 0.261 e. The Morgan fingerprint density at radius 1 is 0.917 bits per heavy atom. The molecule has 0 fully saturated rings. The first-order chi connectivity index (χ1) is 16.8. The summed E-state index contributed by atoms with van der Waals surface area (Å²) >= 11 is 6.24. The molecular formula is C31H44ClNO2Si. The zero-order chi connectivity index (χ0) is 27.0. The molecule has 2 aromatic rings. The van der Waals surface area contributed by atoms with Crippen LogP contribution >= 0.6 is 11.6 Å². The molecule has 0 aromatic heterocycles. The Balaban J connectivity index is 2.43. The Hall–Kier alpha value is -1.98. The van der Waals surface area contributed by atoms with Crippen molar-refractivity contribution < 1.29 is 9.22 Å². The highest BCUT2D eigenvalue weighted by Crippen LogP contribution is 2.38. The van der Waals surface area contributed by atoms with E-state index in [1.54, 1.807) is 0 Å². The van der Waals surface area contributed by atoms with E-state index in [1.165, 1.54) is 10.4 Å². The van der Waals surface area contributed by atoms with Crippen molar-refractivity contribution in [2.24, 2.45) is 11.1 Å². The summed E-state index contributed by atoms with van der Waals surface area (Å²) in [6, 6.07) is 20.8. The van der Waals surface area contributed by atoms with Crippen molar-refractivity contribution >= 4 is 36.1 Å². The van der Waals surface area contributed by atoms with Gasteiger partial charge in [0.15, 0.2) is 5.78 Å². The highest BCUT2D eigenvalue weighted by Gasteiger charge is 2.51. The summed E-state index contributed by atoms with van der Waals surface area (Å²) in [6.45, 7) is 14.7. The Kier molecular flexibility index (Phi) is 10.9. The average molecular weight is 526 g/mol. The molecule has 0 radical (unpaired) electrons. The van der Waals surface area contributed by atoms with Crippen LogP contribution in [0.15, 0.2) is 83.9 Å². The van der Waals surface area contributed by atoms with Crippen LogP contribution < -0.4 is 16.1 Å². The molecule has 0 aliphatic rings. The lowest BCUT2D eigenvalue weighted by Crippen LogP contribution is -2.67. The number of carbonyl (C=O) groups excluding carboxylic acids is 1. The Morgan fingerprint density at radius 3 is 1.83 bits per heavy atom. The van der Waals surface area contributed by atoms with Gasteiger partial charge in [0.05, 0.1) is 12.1 Å². The molecule has 0 amide bonds. The average Bonchev–Trinajstić information content (AvgIpc) is 2.82. The maximum atomic E-state index is 12.6. The van der Waals surface area contributed by atoms with Crippen LogP contribution in [0.5, 0.6) is 0 Å². The minimum atomic E-state index is -2.70. The van der Waals surface area contributed by atoms with E-state index in [2.05, 4.69) is 87.5 Å². The largest absolute Gasteiger partial charge is 0.404 e. The number of ketones is 1. The van der Waals surface area contributed by atoms with Gasteiger partial charge in [-0.3, -0.25) is 4.79 Å². The molecule has 0 unspecified atom stereocenters. The number of allylic oxidation sites excluding steroid dienone is 2. The third-order valence-corrected chi connectivity index (χ3v) is 11.8. The fraction of sp³-hybridized carbons (Fsp3) is 0.452. The molecule has 3 nitrogen and oxygen atoms in total. The van der Waals surface area contributed by atoms with E-state index in [0.29, 0.717) is 19.3 Å².